The minimum atomic E-state index is 0.713. The van der Waals surface area contributed by atoms with Crippen molar-refractivity contribution >= 4 is 0 Å². The second-order valence-electron chi connectivity index (χ2n) is 4.67. The predicted octanol–water partition coefficient (Wildman–Crippen LogP) is 2.96. The van der Waals surface area contributed by atoms with Crippen molar-refractivity contribution in [2.45, 2.75) is 32.6 Å². The number of hydrogen-bond donors (Lipinski definition) is 1. The van der Waals surface area contributed by atoms with Crippen LogP contribution in [0.4, 0.5) is 0 Å². The molecule has 1 heteroatoms. The Kier molecular flexibility index (Phi) is 3.42. The van der Waals surface area contributed by atoms with Crippen molar-refractivity contribution in [2.24, 2.45) is 5.92 Å². The minimum Gasteiger partial charge on any atom is -0.316 e. The van der Waals surface area contributed by atoms with Crippen LogP contribution in [0.15, 0.2) is 24.3 Å². The van der Waals surface area contributed by atoms with E-state index in [4.69, 9.17) is 0 Å². The first-order valence-corrected chi connectivity index (χ1v) is 6.10. The molecule has 0 saturated carbocycles. The lowest BCUT2D eigenvalue weighted by molar-refractivity contribution is 0.348. The van der Waals surface area contributed by atoms with Gasteiger partial charge in [-0.15, -0.1) is 0 Å². The summed E-state index contributed by atoms with van der Waals surface area (Å²) in [6.45, 7) is 6.91. The summed E-state index contributed by atoms with van der Waals surface area (Å²) >= 11 is 0. The van der Waals surface area contributed by atoms with Gasteiger partial charge in [0.2, 0.25) is 0 Å². The van der Waals surface area contributed by atoms with Crippen LogP contribution in [0, 0.1) is 5.92 Å². The van der Waals surface area contributed by atoms with Crippen molar-refractivity contribution < 1.29 is 0 Å². The molecule has 2 rings (SSSR count). The fourth-order valence-electron chi connectivity index (χ4n) is 2.44. The van der Waals surface area contributed by atoms with Crippen molar-refractivity contribution in [3.05, 3.63) is 35.4 Å². The van der Waals surface area contributed by atoms with E-state index in [1.807, 2.05) is 0 Å². The molecule has 1 saturated heterocycles. The number of piperidine rings is 1. The summed E-state index contributed by atoms with van der Waals surface area (Å²) in [6, 6.07) is 9.17. The SMILES string of the molecule is CCc1ccc(C2CNCCC2C)cc1. The topological polar surface area (TPSA) is 12.0 Å². The van der Waals surface area contributed by atoms with Gasteiger partial charge in [0.05, 0.1) is 0 Å². The molecule has 1 aliphatic rings. The Morgan fingerprint density at radius 1 is 1.27 bits per heavy atom. The van der Waals surface area contributed by atoms with Crippen molar-refractivity contribution in [1.29, 1.82) is 0 Å². The third-order valence-corrected chi connectivity index (χ3v) is 3.64. The van der Waals surface area contributed by atoms with Gasteiger partial charge in [0.15, 0.2) is 0 Å². The highest BCUT2D eigenvalue weighted by Gasteiger charge is 2.22. The van der Waals surface area contributed by atoms with Crippen molar-refractivity contribution in [3.63, 3.8) is 0 Å². The molecular formula is C14H21N. The van der Waals surface area contributed by atoms with Gasteiger partial charge in [0, 0.05) is 6.54 Å². The van der Waals surface area contributed by atoms with Crippen LogP contribution < -0.4 is 5.32 Å². The van der Waals surface area contributed by atoms with Crippen LogP contribution >= 0.6 is 0 Å². The van der Waals surface area contributed by atoms with E-state index in [1.54, 1.807) is 0 Å². The van der Waals surface area contributed by atoms with Gasteiger partial charge < -0.3 is 5.32 Å². The van der Waals surface area contributed by atoms with Gasteiger partial charge in [0.1, 0.15) is 0 Å². The molecule has 0 radical (unpaired) electrons. The van der Waals surface area contributed by atoms with Crippen molar-refractivity contribution in [2.75, 3.05) is 13.1 Å². The quantitative estimate of drug-likeness (QED) is 0.779. The van der Waals surface area contributed by atoms with E-state index < -0.39 is 0 Å². The van der Waals surface area contributed by atoms with E-state index >= 15 is 0 Å². The molecule has 1 nitrogen and oxygen atoms in total. The molecule has 2 atom stereocenters. The monoisotopic (exact) mass is 203 g/mol. The summed E-state index contributed by atoms with van der Waals surface area (Å²) < 4.78 is 0. The molecule has 1 N–H and O–H groups in total. The highest BCUT2D eigenvalue weighted by molar-refractivity contribution is 5.26. The summed E-state index contributed by atoms with van der Waals surface area (Å²) in [5, 5.41) is 3.49. The summed E-state index contributed by atoms with van der Waals surface area (Å²) in [4.78, 5) is 0. The van der Waals surface area contributed by atoms with E-state index in [0.717, 1.165) is 18.9 Å². The van der Waals surface area contributed by atoms with E-state index in [0.29, 0.717) is 5.92 Å². The Hall–Kier alpha value is -0.820. The Balaban J connectivity index is 2.13. The van der Waals surface area contributed by atoms with Crippen LogP contribution in [0.1, 0.15) is 37.3 Å². The molecule has 1 aliphatic heterocycles. The van der Waals surface area contributed by atoms with E-state index in [1.165, 1.54) is 24.1 Å². The summed E-state index contributed by atoms with van der Waals surface area (Å²) in [5.74, 6) is 1.53. The molecule has 1 aromatic rings. The maximum Gasteiger partial charge on any atom is 0.00227 e. The van der Waals surface area contributed by atoms with Crippen LogP contribution in [0.25, 0.3) is 0 Å². The first-order chi connectivity index (χ1) is 7.31. The average molecular weight is 203 g/mol. The van der Waals surface area contributed by atoms with Crippen LogP contribution in [-0.2, 0) is 6.42 Å². The highest BCUT2D eigenvalue weighted by atomic mass is 14.9. The molecule has 0 spiro atoms. The molecular weight excluding hydrogens is 182 g/mol. The largest absolute Gasteiger partial charge is 0.316 e. The number of rotatable bonds is 2. The van der Waals surface area contributed by atoms with E-state index in [9.17, 15) is 0 Å². The van der Waals surface area contributed by atoms with Crippen molar-refractivity contribution in [3.8, 4) is 0 Å². The lowest BCUT2D eigenvalue weighted by atomic mass is 9.82. The van der Waals surface area contributed by atoms with Crippen LogP contribution in [-0.4, -0.2) is 13.1 Å². The summed E-state index contributed by atoms with van der Waals surface area (Å²) in [6.07, 6.45) is 2.44. The maximum absolute atomic E-state index is 3.49. The van der Waals surface area contributed by atoms with Gasteiger partial charge in [-0.3, -0.25) is 0 Å². The first-order valence-electron chi connectivity index (χ1n) is 6.10. The molecule has 2 unspecified atom stereocenters. The standard InChI is InChI=1S/C14H21N/c1-3-12-4-6-13(7-5-12)14-10-15-9-8-11(14)2/h4-7,11,14-15H,3,8-10H2,1-2H3. The third-order valence-electron chi connectivity index (χ3n) is 3.64. The lowest BCUT2D eigenvalue weighted by Gasteiger charge is -2.30. The fourth-order valence-corrected chi connectivity index (χ4v) is 2.44. The van der Waals surface area contributed by atoms with Crippen LogP contribution in [0.3, 0.4) is 0 Å². The molecule has 1 heterocycles. The second kappa shape index (κ2) is 4.80. The highest BCUT2D eigenvalue weighted by Crippen LogP contribution is 2.28. The van der Waals surface area contributed by atoms with Gasteiger partial charge in [0.25, 0.3) is 0 Å². The molecule has 0 bridgehead atoms. The predicted molar refractivity (Wildman–Crippen MR) is 65.2 cm³/mol. The van der Waals surface area contributed by atoms with E-state index in [-0.39, 0.29) is 0 Å². The Morgan fingerprint density at radius 3 is 2.60 bits per heavy atom. The Morgan fingerprint density at radius 2 is 2.00 bits per heavy atom. The van der Waals surface area contributed by atoms with Crippen LogP contribution in [0.2, 0.25) is 0 Å². The zero-order chi connectivity index (χ0) is 10.7. The zero-order valence-corrected chi connectivity index (χ0v) is 9.79. The first kappa shape index (κ1) is 10.7. The van der Waals surface area contributed by atoms with Crippen molar-refractivity contribution in [1.82, 2.24) is 5.32 Å². The molecule has 0 aromatic heterocycles. The third kappa shape index (κ3) is 2.40. The molecule has 1 aromatic carbocycles. The van der Waals surface area contributed by atoms with Gasteiger partial charge in [-0.25, -0.2) is 0 Å². The van der Waals surface area contributed by atoms with Gasteiger partial charge >= 0.3 is 0 Å². The number of nitrogens with one attached hydrogen (secondary N) is 1. The lowest BCUT2D eigenvalue weighted by Crippen LogP contribution is -2.33. The Bertz CT molecular complexity index is 302. The summed E-state index contributed by atoms with van der Waals surface area (Å²) in [5.41, 5.74) is 2.95. The smallest absolute Gasteiger partial charge is 0.00227 e. The van der Waals surface area contributed by atoms with Gasteiger partial charge in [-0.1, -0.05) is 38.1 Å². The van der Waals surface area contributed by atoms with Gasteiger partial charge in [-0.05, 0) is 42.3 Å². The van der Waals surface area contributed by atoms with Crippen LogP contribution in [0.5, 0.6) is 0 Å². The average Bonchev–Trinajstić information content (AvgIpc) is 2.30. The number of aryl methyl sites for hydroxylation is 1. The van der Waals surface area contributed by atoms with E-state index in [2.05, 4.69) is 43.4 Å². The normalized spacial score (nSPS) is 26.5. The fraction of sp³-hybridized carbons (Fsp3) is 0.571. The second-order valence-corrected chi connectivity index (χ2v) is 4.67. The molecule has 15 heavy (non-hydrogen) atoms. The summed E-state index contributed by atoms with van der Waals surface area (Å²) in [7, 11) is 0. The number of hydrogen-bond acceptors (Lipinski definition) is 1. The molecule has 0 amide bonds. The molecule has 1 fully saturated rings. The molecule has 0 aliphatic carbocycles. The molecule has 82 valence electrons. The maximum atomic E-state index is 3.49. The number of benzene rings is 1. The Labute approximate surface area is 92.9 Å². The minimum absolute atomic E-state index is 0.713. The van der Waals surface area contributed by atoms with Gasteiger partial charge in [-0.2, -0.15) is 0 Å². The zero-order valence-electron chi connectivity index (χ0n) is 9.79.